The summed E-state index contributed by atoms with van der Waals surface area (Å²) in [5, 5.41) is 4.27. The van der Waals surface area contributed by atoms with Crippen molar-refractivity contribution in [1.82, 2.24) is 24.3 Å². The number of carbonyl (C=O) groups excluding carboxylic acids is 2. The van der Waals surface area contributed by atoms with E-state index in [9.17, 15) is 9.59 Å². The summed E-state index contributed by atoms with van der Waals surface area (Å²) in [6.45, 7) is 3.69. The lowest BCUT2D eigenvalue weighted by Crippen LogP contribution is -2.15. The number of halogens is 1. The van der Waals surface area contributed by atoms with Gasteiger partial charge < -0.3 is 0 Å². The zero-order chi connectivity index (χ0) is 23.1. The molecule has 0 unspecified atom stereocenters. The summed E-state index contributed by atoms with van der Waals surface area (Å²) < 4.78 is 3.78. The SMILES string of the molecule is Cc1cc(C)n(C(=O)c2ccc(-c3nc4cccnc4n3C(=O)c3ccc(Br)cc3)cc2)n1. The fourth-order valence-electron chi connectivity index (χ4n) is 3.74. The highest BCUT2D eigenvalue weighted by molar-refractivity contribution is 9.10. The van der Waals surface area contributed by atoms with Crippen molar-refractivity contribution < 1.29 is 9.59 Å². The lowest BCUT2D eigenvalue weighted by atomic mass is 10.1. The van der Waals surface area contributed by atoms with Crippen LogP contribution in [0.15, 0.2) is 77.4 Å². The zero-order valence-corrected chi connectivity index (χ0v) is 19.4. The molecule has 7 nitrogen and oxygen atoms in total. The number of imidazole rings is 1. The minimum Gasteiger partial charge on any atom is -0.268 e. The first-order chi connectivity index (χ1) is 15.9. The highest BCUT2D eigenvalue weighted by atomic mass is 79.9. The molecular weight excluding hydrogens is 482 g/mol. The number of benzene rings is 2. The van der Waals surface area contributed by atoms with Gasteiger partial charge in [-0.1, -0.05) is 28.1 Å². The molecule has 0 amide bonds. The van der Waals surface area contributed by atoms with Gasteiger partial charge in [-0.3, -0.25) is 9.59 Å². The minimum absolute atomic E-state index is 0.215. The Morgan fingerprint density at radius 1 is 0.879 bits per heavy atom. The number of fused-ring (bicyclic) bond motifs is 1. The molecule has 2 aromatic carbocycles. The van der Waals surface area contributed by atoms with Crippen LogP contribution in [0.2, 0.25) is 0 Å². The van der Waals surface area contributed by atoms with Gasteiger partial charge in [-0.15, -0.1) is 0 Å². The molecule has 5 rings (SSSR count). The van der Waals surface area contributed by atoms with Crippen molar-refractivity contribution in [2.24, 2.45) is 0 Å². The highest BCUT2D eigenvalue weighted by Crippen LogP contribution is 2.26. The number of carbonyl (C=O) groups is 2. The van der Waals surface area contributed by atoms with Gasteiger partial charge in [-0.25, -0.2) is 19.2 Å². The van der Waals surface area contributed by atoms with E-state index in [2.05, 4.69) is 31.0 Å². The first kappa shape index (κ1) is 21.0. The topological polar surface area (TPSA) is 82.7 Å². The third kappa shape index (κ3) is 3.78. The van der Waals surface area contributed by atoms with Crippen molar-refractivity contribution in [1.29, 1.82) is 0 Å². The van der Waals surface area contributed by atoms with Gasteiger partial charge in [0, 0.05) is 33.1 Å². The van der Waals surface area contributed by atoms with Gasteiger partial charge >= 0.3 is 0 Å². The Labute approximate surface area is 197 Å². The molecular formula is C25H18BrN5O2. The van der Waals surface area contributed by atoms with E-state index in [1.165, 1.54) is 9.25 Å². The van der Waals surface area contributed by atoms with Crippen LogP contribution in [0.3, 0.4) is 0 Å². The van der Waals surface area contributed by atoms with Crippen LogP contribution in [0.25, 0.3) is 22.6 Å². The maximum atomic E-state index is 13.4. The largest absolute Gasteiger partial charge is 0.278 e. The molecule has 0 aliphatic rings. The zero-order valence-electron chi connectivity index (χ0n) is 17.9. The van der Waals surface area contributed by atoms with Gasteiger partial charge in [0.2, 0.25) is 0 Å². The third-order valence-corrected chi connectivity index (χ3v) is 5.83. The fourth-order valence-corrected chi connectivity index (χ4v) is 4.00. The van der Waals surface area contributed by atoms with Crippen molar-refractivity contribution in [3.8, 4) is 11.4 Å². The quantitative estimate of drug-likeness (QED) is 0.346. The first-order valence-electron chi connectivity index (χ1n) is 10.2. The van der Waals surface area contributed by atoms with Crippen LogP contribution in [-0.2, 0) is 0 Å². The fraction of sp³-hybridized carbons (Fsp3) is 0.0800. The summed E-state index contributed by atoms with van der Waals surface area (Å²) in [5.41, 5.74) is 4.35. The normalized spacial score (nSPS) is 11.1. The molecule has 0 aliphatic carbocycles. The maximum Gasteiger partial charge on any atom is 0.278 e. The molecule has 5 aromatic rings. The molecule has 0 atom stereocenters. The predicted molar refractivity (Wildman–Crippen MR) is 128 cm³/mol. The standard InChI is InChI=1S/C25H18BrN5O2/c1-15-14-16(2)31(29-15)25(33)19-7-5-17(6-8-19)22-28-21-4-3-13-27-23(21)30(22)24(32)18-9-11-20(26)12-10-18/h3-14H,1-2H3. The van der Waals surface area contributed by atoms with Gasteiger partial charge in [0.15, 0.2) is 5.65 Å². The Morgan fingerprint density at radius 3 is 2.21 bits per heavy atom. The summed E-state index contributed by atoms with van der Waals surface area (Å²) in [4.78, 5) is 35.4. The van der Waals surface area contributed by atoms with Crippen molar-refractivity contribution >= 4 is 38.9 Å². The molecule has 8 heteroatoms. The molecule has 0 spiro atoms. The number of hydrogen-bond acceptors (Lipinski definition) is 5. The second kappa shape index (κ2) is 8.22. The van der Waals surface area contributed by atoms with Crippen LogP contribution >= 0.6 is 15.9 Å². The highest BCUT2D eigenvalue weighted by Gasteiger charge is 2.21. The molecule has 0 saturated carbocycles. The number of aromatic nitrogens is 5. The molecule has 3 aromatic heterocycles. The Bertz CT molecular complexity index is 1520. The molecule has 33 heavy (non-hydrogen) atoms. The minimum atomic E-state index is -0.235. The summed E-state index contributed by atoms with van der Waals surface area (Å²) in [6, 6.07) is 19.6. The third-order valence-electron chi connectivity index (χ3n) is 5.30. The van der Waals surface area contributed by atoms with E-state index in [4.69, 9.17) is 0 Å². The van der Waals surface area contributed by atoms with E-state index in [1.807, 2.05) is 38.1 Å². The van der Waals surface area contributed by atoms with Gasteiger partial charge in [0.05, 0.1) is 5.69 Å². The summed E-state index contributed by atoms with van der Waals surface area (Å²) in [6.07, 6.45) is 1.63. The van der Waals surface area contributed by atoms with Crippen LogP contribution in [0, 0.1) is 13.8 Å². The average Bonchev–Trinajstić information content (AvgIpc) is 3.38. The summed E-state index contributed by atoms with van der Waals surface area (Å²) >= 11 is 3.40. The monoisotopic (exact) mass is 499 g/mol. The number of aryl methyl sites for hydroxylation is 2. The summed E-state index contributed by atoms with van der Waals surface area (Å²) in [5.74, 6) is 0.0106. The van der Waals surface area contributed by atoms with Crippen LogP contribution < -0.4 is 0 Å². The van der Waals surface area contributed by atoms with Crippen LogP contribution in [0.1, 0.15) is 32.1 Å². The van der Waals surface area contributed by atoms with Crippen molar-refractivity contribution in [3.05, 3.63) is 99.9 Å². The molecule has 0 aliphatic heterocycles. The van der Waals surface area contributed by atoms with Crippen LogP contribution in [0.4, 0.5) is 0 Å². The van der Waals surface area contributed by atoms with Gasteiger partial charge in [0.1, 0.15) is 11.3 Å². The number of pyridine rings is 1. The molecule has 0 bridgehead atoms. The number of nitrogens with zero attached hydrogens (tertiary/aromatic N) is 5. The Balaban J connectivity index is 1.58. The van der Waals surface area contributed by atoms with Gasteiger partial charge in [-0.05, 0) is 68.4 Å². The lowest BCUT2D eigenvalue weighted by Gasteiger charge is -2.09. The van der Waals surface area contributed by atoms with Crippen LogP contribution in [-0.4, -0.2) is 36.1 Å². The second-order valence-corrected chi connectivity index (χ2v) is 8.57. The van der Waals surface area contributed by atoms with Gasteiger partial charge in [0.25, 0.3) is 11.8 Å². The molecule has 0 radical (unpaired) electrons. The Hall–Kier alpha value is -3.91. The van der Waals surface area contributed by atoms with E-state index in [1.54, 1.807) is 48.7 Å². The van der Waals surface area contributed by atoms with Gasteiger partial charge in [-0.2, -0.15) is 5.10 Å². The lowest BCUT2D eigenvalue weighted by molar-refractivity contribution is 0.0939. The van der Waals surface area contributed by atoms with Crippen molar-refractivity contribution in [3.63, 3.8) is 0 Å². The number of rotatable bonds is 3. The molecule has 0 N–H and O–H groups in total. The van der Waals surface area contributed by atoms with E-state index >= 15 is 0 Å². The Morgan fingerprint density at radius 2 is 1.55 bits per heavy atom. The smallest absolute Gasteiger partial charge is 0.268 e. The Kier molecular flexibility index (Phi) is 5.22. The molecule has 3 heterocycles. The average molecular weight is 500 g/mol. The van der Waals surface area contributed by atoms with E-state index in [0.29, 0.717) is 33.7 Å². The molecule has 0 saturated heterocycles. The van der Waals surface area contributed by atoms with Crippen molar-refractivity contribution in [2.75, 3.05) is 0 Å². The maximum absolute atomic E-state index is 13.4. The van der Waals surface area contributed by atoms with Crippen molar-refractivity contribution in [2.45, 2.75) is 13.8 Å². The van der Waals surface area contributed by atoms with E-state index in [-0.39, 0.29) is 11.8 Å². The first-order valence-corrected chi connectivity index (χ1v) is 11.0. The molecule has 162 valence electrons. The van der Waals surface area contributed by atoms with E-state index in [0.717, 1.165) is 15.9 Å². The van der Waals surface area contributed by atoms with E-state index < -0.39 is 0 Å². The molecule has 0 fully saturated rings. The predicted octanol–water partition coefficient (Wildman–Crippen LogP) is 5.05. The van der Waals surface area contributed by atoms with Crippen LogP contribution in [0.5, 0.6) is 0 Å². The number of hydrogen-bond donors (Lipinski definition) is 0. The summed E-state index contributed by atoms with van der Waals surface area (Å²) in [7, 11) is 0. The second-order valence-electron chi connectivity index (χ2n) is 7.65.